The predicted molar refractivity (Wildman–Crippen MR) is 91.0 cm³/mol. The van der Waals surface area contributed by atoms with Crippen molar-refractivity contribution in [2.75, 3.05) is 7.11 Å². The number of hydrogen-bond donors (Lipinski definition) is 1. The quantitative estimate of drug-likeness (QED) is 0.740. The molecular weight excluding hydrogens is 326 g/mol. The van der Waals surface area contributed by atoms with Crippen LogP contribution in [0.25, 0.3) is 10.9 Å². The number of hydrogen-bond acceptors (Lipinski definition) is 4. The number of aromatic amines is 1. The average Bonchev–Trinajstić information content (AvgIpc) is 2.90. The maximum Gasteiger partial charge on any atom is 0.338 e. The van der Waals surface area contributed by atoms with E-state index in [0.29, 0.717) is 16.6 Å². The van der Waals surface area contributed by atoms with Gasteiger partial charge in [-0.1, -0.05) is 23.8 Å². The molecule has 0 saturated carbocycles. The van der Waals surface area contributed by atoms with Crippen molar-refractivity contribution < 1.29 is 17.9 Å². The summed E-state index contributed by atoms with van der Waals surface area (Å²) in [5, 5.41) is 0.363. The number of aryl methyl sites for hydroxylation is 2. The minimum absolute atomic E-state index is 0.113. The van der Waals surface area contributed by atoms with Crippen LogP contribution in [-0.2, 0) is 14.6 Å². The summed E-state index contributed by atoms with van der Waals surface area (Å²) in [7, 11) is -2.50. The summed E-state index contributed by atoms with van der Waals surface area (Å²) < 4.78 is 31.1. The fourth-order valence-electron chi connectivity index (χ4n) is 2.80. The van der Waals surface area contributed by atoms with Crippen LogP contribution in [0.15, 0.2) is 52.3 Å². The van der Waals surface area contributed by atoms with E-state index in [0.717, 1.165) is 5.56 Å². The van der Waals surface area contributed by atoms with Gasteiger partial charge in [0.25, 0.3) is 0 Å². The highest BCUT2D eigenvalue weighted by molar-refractivity contribution is 7.91. The number of carbonyl (C=O) groups is 1. The highest BCUT2D eigenvalue weighted by Crippen LogP contribution is 2.34. The van der Waals surface area contributed by atoms with Crippen molar-refractivity contribution in [2.45, 2.75) is 23.6 Å². The van der Waals surface area contributed by atoms with Gasteiger partial charge in [0, 0.05) is 16.6 Å². The normalized spacial score (nSPS) is 11.6. The summed E-state index contributed by atoms with van der Waals surface area (Å²) in [5.41, 5.74) is 2.27. The number of aromatic nitrogens is 1. The molecule has 5 nitrogen and oxygen atoms in total. The van der Waals surface area contributed by atoms with Gasteiger partial charge in [0.2, 0.25) is 9.84 Å². The lowest BCUT2D eigenvalue weighted by Crippen LogP contribution is -2.07. The minimum Gasteiger partial charge on any atom is -0.465 e. The van der Waals surface area contributed by atoms with Gasteiger partial charge in [0.05, 0.1) is 17.6 Å². The molecule has 0 aliphatic heterocycles. The van der Waals surface area contributed by atoms with Crippen LogP contribution >= 0.6 is 0 Å². The van der Waals surface area contributed by atoms with Crippen molar-refractivity contribution in [1.82, 2.24) is 4.98 Å². The van der Waals surface area contributed by atoms with Gasteiger partial charge in [-0.3, -0.25) is 0 Å². The van der Waals surface area contributed by atoms with Crippen molar-refractivity contribution in [3.8, 4) is 0 Å². The van der Waals surface area contributed by atoms with Gasteiger partial charge in [0.15, 0.2) is 0 Å². The smallest absolute Gasteiger partial charge is 0.338 e. The van der Waals surface area contributed by atoms with E-state index >= 15 is 0 Å². The molecule has 0 aliphatic carbocycles. The van der Waals surface area contributed by atoms with Crippen molar-refractivity contribution >= 4 is 26.7 Å². The van der Waals surface area contributed by atoms with Crippen molar-refractivity contribution in [2.24, 2.45) is 0 Å². The zero-order valence-corrected chi connectivity index (χ0v) is 14.4. The highest BCUT2D eigenvalue weighted by Gasteiger charge is 2.27. The van der Waals surface area contributed by atoms with Gasteiger partial charge in [-0.05, 0) is 38.1 Å². The number of nitrogens with one attached hydrogen (secondary N) is 1. The van der Waals surface area contributed by atoms with E-state index in [1.54, 1.807) is 49.4 Å². The lowest BCUT2D eigenvalue weighted by atomic mass is 10.1. The van der Waals surface area contributed by atoms with E-state index in [2.05, 4.69) is 4.98 Å². The van der Waals surface area contributed by atoms with Crippen LogP contribution in [0.1, 0.15) is 21.6 Å². The number of benzene rings is 2. The Morgan fingerprint density at radius 2 is 1.71 bits per heavy atom. The van der Waals surface area contributed by atoms with Crippen molar-refractivity contribution in [3.05, 3.63) is 59.3 Å². The molecule has 6 heteroatoms. The second kappa shape index (κ2) is 5.79. The molecular formula is C18H17NO4S. The Kier molecular flexibility index (Phi) is 3.93. The molecule has 24 heavy (non-hydrogen) atoms. The van der Waals surface area contributed by atoms with E-state index in [-0.39, 0.29) is 15.4 Å². The summed E-state index contributed by atoms with van der Waals surface area (Å²) in [4.78, 5) is 15.4. The molecule has 0 atom stereocenters. The molecule has 0 bridgehead atoms. The molecule has 0 spiro atoms. The third-order valence-electron chi connectivity index (χ3n) is 3.96. The van der Waals surface area contributed by atoms with Crippen LogP contribution in [-0.4, -0.2) is 26.5 Å². The summed E-state index contributed by atoms with van der Waals surface area (Å²) in [5.74, 6) is -0.569. The molecule has 0 radical (unpaired) electrons. The number of esters is 1. The lowest BCUT2D eigenvalue weighted by Gasteiger charge is -2.08. The maximum atomic E-state index is 13.1. The Hall–Kier alpha value is -2.60. The molecule has 0 amide bonds. The predicted octanol–water partition coefficient (Wildman–Crippen LogP) is 3.40. The monoisotopic (exact) mass is 343 g/mol. The summed E-state index contributed by atoms with van der Waals surface area (Å²) in [6.45, 7) is 3.57. The number of ether oxygens (including phenoxy) is 1. The summed E-state index contributed by atoms with van der Waals surface area (Å²) >= 11 is 0. The fraction of sp³-hybridized carbons (Fsp3) is 0.167. The topological polar surface area (TPSA) is 76.2 Å². The summed E-state index contributed by atoms with van der Waals surface area (Å²) in [6.07, 6.45) is 0. The zero-order chi connectivity index (χ0) is 17.5. The molecule has 124 valence electrons. The number of fused-ring (bicyclic) bond motifs is 1. The number of H-pyrrole nitrogens is 1. The molecule has 2 aromatic carbocycles. The second-order valence-electron chi connectivity index (χ2n) is 5.62. The van der Waals surface area contributed by atoms with Gasteiger partial charge < -0.3 is 9.72 Å². The van der Waals surface area contributed by atoms with Crippen LogP contribution in [0, 0.1) is 13.8 Å². The van der Waals surface area contributed by atoms with E-state index in [9.17, 15) is 13.2 Å². The maximum absolute atomic E-state index is 13.1. The van der Waals surface area contributed by atoms with Crippen molar-refractivity contribution in [3.63, 3.8) is 0 Å². The van der Waals surface area contributed by atoms with Crippen LogP contribution in [0.5, 0.6) is 0 Å². The van der Waals surface area contributed by atoms with E-state index in [4.69, 9.17) is 4.74 Å². The zero-order valence-electron chi connectivity index (χ0n) is 13.6. The molecule has 0 saturated heterocycles. The Morgan fingerprint density at radius 1 is 1.04 bits per heavy atom. The third-order valence-corrected chi connectivity index (χ3v) is 5.90. The first-order chi connectivity index (χ1) is 11.4. The average molecular weight is 343 g/mol. The number of rotatable bonds is 3. The van der Waals surface area contributed by atoms with Crippen LogP contribution in [0.4, 0.5) is 0 Å². The van der Waals surface area contributed by atoms with Crippen LogP contribution < -0.4 is 0 Å². The molecule has 1 N–H and O–H groups in total. The molecule has 1 heterocycles. The number of methoxy groups -OCH3 is 1. The highest BCUT2D eigenvalue weighted by atomic mass is 32.2. The van der Waals surface area contributed by atoms with Gasteiger partial charge in [-0.2, -0.15) is 0 Å². The summed E-state index contributed by atoms with van der Waals surface area (Å²) in [6, 6.07) is 11.6. The van der Waals surface area contributed by atoms with Gasteiger partial charge in [0.1, 0.15) is 4.90 Å². The minimum atomic E-state index is -3.77. The number of carbonyl (C=O) groups excluding carboxylic acids is 1. The fourth-order valence-corrected chi connectivity index (χ4v) is 4.47. The van der Waals surface area contributed by atoms with E-state index < -0.39 is 15.8 Å². The van der Waals surface area contributed by atoms with E-state index in [1.807, 2.05) is 6.92 Å². The van der Waals surface area contributed by atoms with E-state index in [1.165, 1.54) is 7.11 Å². The first-order valence-electron chi connectivity index (χ1n) is 7.37. The van der Waals surface area contributed by atoms with Crippen molar-refractivity contribution in [1.29, 1.82) is 0 Å². The molecule has 0 unspecified atom stereocenters. The Bertz CT molecular complexity index is 1030. The lowest BCUT2D eigenvalue weighted by molar-refractivity contribution is 0.0603. The molecule has 3 rings (SSSR count). The Balaban J connectivity index is 2.35. The van der Waals surface area contributed by atoms with Gasteiger partial charge in [-0.15, -0.1) is 0 Å². The van der Waals surface area contributed by atoms with Crippen LogP contribution in [0.3, 0.4) is 0 Å². The SMILES string of the molecule is COC(=O)c1cccc2[nH]c(C)c(S(=O)(=O)c3ccc(C)cc3)c12. The Morgan fingerprint density at radius 3 is 2.33 bits per heavy atom. The molecule has 0 fully saturated rings. The Labute approximate surface area is 140 Å². The molecule has 0 aliphatic rings. The molecule has 1 aromatic heterocycles. The van der Waals surface area contributed by atoms with Crippen LogP contribution in [0.2, 0.25) is 0 Å². The first-order valence-corrected chi connectivity index (χ1v) is 8.86. The first kappa shape index (κ1) is 16.3. The third kappa shape index (κ3) is 2.49. The standard InChI is InChI=1S/C18H17NO4S/c1-11-7-9-13(10-8-11)24(21,22)17-12(2)19-15-6-4-5-14(16(15)17)18(20)23-3/h4-10,19H,1-3H3. The number of sulfone groups is 1. The van der Waals surface area contributed by atoms with Gasteiger partial charge >= 0.3 is 5.97 Å². The van der Waals surface area contributed by atoms with Gasteiger partial charge in [-0.25, -0.2) is 13.2 Å². The second-order valence-corrected chi connectivity index (χ2v) is 7.50. The molecule has 3 aromatic rings. The largest absolute Gasteiger partial charge is 0.465 e.